The van der Waals surface area contributed by atoms with Crippen LogP contribution in [0.1, 0.15) is 58.6 Å². The van der Waals surface area contributed by atoms with Crippen molar-refractivity contribution in [2.45, 2.75) is 53.0 Å². The summed E-state index contributed by atoms with van der Waals surface area (Å²) in [6, 6.07) is 5.42. The second-order valence-electron chi connectivity index (χ2n) is 7.07. The minimum atomic E-state index is -0.143. The summed E-state index contributed by atoms with van der Waals surface area (Å²) in [7, 11) is 0. The first-order chi connectivity index (χ1) is 9.93. The smallest absolute Gasteiger partial charge is 0.123 e. The lowest BCUT2D eigenvalue weighted by Crippen LogP contribution is -2.41. The van der Waals surface area contributed by atoms with Gasteiger partial charge in [-0.25, -0.2) is 4.39 Å². The standard InChI is InChI=1S/C18H29FN2/c1-5-10-20-14(2)16-12-15(19)7-8-17(16)21-11-6-9-18(3,4)13-21/h7-8,12,14,20H,5-6,9-11,13H2,1-4H3. The van der Waals surface area contributed by atoms with Gasteiger partial charge in [-0.3, -0.25) is 0 Å². The number of nitrogens with zero attached hydrogens (tertiary/aromatic N) is 1. The van der Waals surface area contributed by atoms with Crippen LogP contribution in [0.3, 0.4) is 0 Å². The number of nitrogens with one attached hydrogen (secondary N) is 1. The summed E-state index contributed by atoms with van der Waals surface area (Å²) >= 11 is 0. The molecule has 118 valence electrons. The third-order valence-electron chi connectivity index (χ3n) is 4.40. The van der Waals surface area contributed by atoms with Gasteiger partial charge in [0.05, 0.1) is 0 Å². The molecule has 0 radical (unpaired) electrons. The molecule has 2 nitrogen and oxygen atoms in total. The molecule has 1 fully saturated rings. The molecule has 1 heterocycles. The molecule has 1 aromatic carbocycles. The maximum Gasteiger partial charge on any atom is 0.123 e. The first-order valence-electron chi connectivity index (χ1n) is 8.21. The normalized spacial score (nSPS) is 19.6. The molecule has 1 saturated heterocycles. The number of rotatable bonds is 5. The Bertz CT molecular complexity index is 470. The van der Waals surface area contributed by atoms with E-state index in [2.05, 4.69) is 37.9 Å². The molecule has 3 heteroatoms. The van der Waals surface area contributed by atoms with E-state index in [0.717, 1.165) is 31.6 Å². The molecule has 0 saturated carbocycles. The van der Waals surface area contributed by atoms with Gasteiger partial charge in [0.1, 0.15) is 5.82 Å². The highest BCUT2D eigenvalue weighted by Gasteiger charge is 2.28. The number of piperidine rings is 1. The summed E-state index contributed by atoms with van der Waals surface area (Å²) in [4.78, 5) is 2.43. The van der Waals surface area contributed by atoms with Crippen molar-refractivity contribution in [3.05, 3.63) is 29.6 Å². The Morgan fingerprint density at radius 3 is 2.81 bits per heavy atom. The van der Waals surface area contributed by atoms with Gasteiger partial charge in [-0.2, -0.15) is 0 Å². The molecule has 1 aliphatic heterocycles. The van der Waals surface area contributed by atoms with Gasteiger partial charge in [0.25, 0.3) is 0 Å². The molecule has 1 unspecified atom stereocenters. The van der Waals surface area contributed by atoms with E-state index in [1.807, 2.05) is 6.07 Å². The van der Waals surface area contributed by atoms with Crippen LogP contribution in [0, 0.1) is 11.2 Å². The predicted molar refractivity (Wildman–Crippen MR) is 88.3 cm³/mol. The van der Waals surface area contributed by atoms with E-state index < -0.39 is 0 Å². The Kier molecular flexibility index (Phi) is 5.26. The number of anilines is 1. The summed E-state index contributed by atoms with van der Waals surface area (Å²) < 4.78 is 13.7. The molecule has 1 atom stereocenters. The summed E-state index contributed by atoms with van der Waals surface area (Å²) in [5, 5.41) is 3.48. The van der Waals surface area contributed by atoms with E-state index in [-0.39, 0.29) is 11.9 Å². The predicted octanol–water partition coefficient (Wildman–Crippen LogP) is 4.51. The second-order valence-corrected chi connectivity index (χ2v) is 7.07. The highest BCUT2D eigenvalue weighted by molar-refractivity contribution is 5.55. The van der Waals surface area contributed by atoms with Gasteiger partial charge in [-0.05, 0) is 61.9 Å². The number of halogens is 1. The van der Waals surface area contributed by atoms with Crippen LogP contribution in [0.4, 0.5) is 10.1 Å². The number of hydrogen-bond acceptors (Lipinski definition) is 2. The van der Waals surface area contributed by atoms with E-state index in [4.69, 9.17) is 0 Å². The van der Waals surface area contributed by atoms with Gasteiger partial charge in [0.2, 0.25) is 0 Å². The van der Waals surface area contributed by atoms with Crippen LogP contribution >= 0.6 is 0 Å². The highest BCUT2D eigenvalue weighted by atomic mass is 19.1. The van der Waals surface area contributed by atoms with Gasteiger partial charge >= 0.3 is 0 Å². The average molecular weight is 292 g/mol. The fourth-order valence-corrected chi connectivity index (χ4v) is 3.26. The third kappa shape index (κ3) is 4.19. The highest BCUT2D eigenvalue weighted by Crippen LogP contribution is 2.35. The SMILES string of the molecule is CCCNC(C)c1cc(F)ccc1N1CCCC(C)(C)C1. The van der Waals surface area contributed by atoms with Crippen molar-refractivity contribution in [3.8, 4) is 0 Å². The number of benzene rings is 1. The molecule has 0 amide bonds. The zero-order chi connectivity index (χ0) is 15.5. The van der Waals surface area contributed by atoms with Gasteiger partial charge in [-0.1, -0.05) is 20.8 Å². The summed E-state index contributed by atoms with van der Waals surface area (Å²) in [5.74, 6) is -0.143. The zero-order valence-electron chi connectivity index (χ0n) is 13.9. The quantitative estimate of drug-likeness (QED) is 0.859. The van der Waals surface area contributed by atoms with Crippen LogP contribution < -0.4 is 10.2 Å². The minimum Gasteiger partial charge on any atom is -0.371 e. The Morgan fingerprint density at radius 2 is 2.14 bits per heavy atom. The zero-order valence-corrected chi connectivity index (χ0v) is 13.9. The lowest BCUT2D eigenvalue weighted by molar-refractivity contribution is 0.292. The Labute approximate surface area is 128 Å². The Balaban J connectivity index is 2.25. The molecule has 2 rings (SSSR count). The molecule has 0 aliphatic carbocycles. The Morgan fingerprint density at radius 1 is 1.38 bits per heavy atom. The molecule has 1 N–H and O–H groups in total. The van der Waals surface area contributed by atoms with E-state index in [0.29, 0.717) is 5.41 Å². The first kappa shape index (κ1) is 16.3. The van der Waals surface area contributed by atoms with E-state index in [1.54, 1.807) is 12.1 Å². The fraction of sp³-hybridized carbons (Fsp3) is 0.667. The molecular weight excluding hydrogens is 263 g/mol. The largest absolute Gasteiger partial charge is 0.371 e. The van der Waals surface area contributed by atoms with Crippen molar-refractivity contribution >= 4 is 5.69 Å². The first-order valence-corrected chi connectivity index (χ1v) is 8.21. The topological polar surface area (TPSA) is 15.3 Å². The van der Waals surface area contributed by atoms with E-state index >= 15 is 0 Å². The van der Waals surface area contributed by atoms with Gasteiger partial charge in [-0.15, -0.1) is 0 Å². The minimum absolute atomic E-state index is 0.143. The lowest BCUT2D eigenvalue weighted by Gasteiger charge is -2.40. The van der Waals surface area contributed by atoms with Gasteiger partial charge in [0, 0.05) is 24.8 Å². The van der Waals surface area contributed by atoms with Crippen LogP contribution in [0.25, 0.3) is 0 Å². The second kappa shape index (κ2) is 6.78. The molecular formula is C18H29FN2. The van der Waals surface area contributed by atoms with E-state index in [1.165, 1.54) is 18.5 Å². The lowest BCUT2D eigenvalue weighted by atomic mass is 9.83. The van der Waals surface area contributed by atoms with Gasteiger partial charge in [0.15, 0.2) is 0 Å². The third-order valence-corrected chi connectivity index (χ3v) is 4.40. The Hall–Kier alpha value is -1.09. The van der Waals surface area contributed by atoms with Crippen molar-refractivity contribution in [1.82, 2.24) is 5.32 Å². The maximum atomic E-state index is 13.7. The van der Waals surface area contributed by atoms with Crippen LogP contribution in [-0.4, -0.2) is 19.6 Å². The molecule has 1 aliphatic rings. The molecule has 0 bridgehead atoms. The summed E-state index contributed by atoms with van der Waals surface area (Å²) in [6.07, 6.45) is 3.57. The van der Waals surface area contributed by atoms with Gasteiger partial charge < -0.3 is 10.2 Å². The van der Waals surface area contributed by atoms with Crippen molar-refractivity contribution in [1.29, 1.82) is 0 Å². The van der Waals surface area contributed by atoms with Crippen molar-refractivity contribution in [2.24, 2.45) is 5.41 Å². The van der Waals surface area contributed by atoms with Crippen molar-refractivity contribution in [3.63, 3.8) is 0 Å². The van der Waals surface area contributed by atoms with Crippen LogP contribution in [0.2, 0.25) is 0 Å². The fourth-order valence-electron chi connectivity index (χ4n) is 3.26. The molecule has 0 spiro atoms. The van der Waals surface area contributed by atoms with Crippen molar-refractivity contribution < 1.29 is 4.39 Å². The molecule has 0 aromatic heterocycles. The van der Waals surface area contributed by atoms with E-state index in [9.17, 15) is 4.39 Å². The molecule has 21 heavy (non-hydrogen) atoms. The van der Waals surface area contributed by atoms with Crippen LogP contribution in [0.15, 0.2) is 18.2 Å². The van der Waals surface area contributed by atoms with Crippen molar-refractivity contribution in [2.75, 3.05) is 24.5 Å². The average Bonchev–Trinajstić information content (AvgIpc) is 2.43. The summed E-state index contributed by atoms with van der Waals surface area (Å²) in [6.45, 7) is 12.0. The van der Waals surface area contributed by atoms with Crippen LogP contribution in [0.5, 0.6) is 0 Å². The maximum absolute atomic E-state index is 13.7. The molecule has 1 aromatic rings. The monoisotopic (exact) mass is 292 g/mol. The number of hydrogen-bond donors (Lipinski definition) is 1. The van der Waals surface area contributed by atoms with Crippen LogP contribution in [-0.2, 0) is 0 Å². The summed E-state index contributed by atoms with van der Waals surface area (Å²) in [5.41, 5.74) is 2.62.